The molecule has 0 radical (unpaired) electrons. The molecule has 0 saturated heterocycles. The number of nitrogens with one attached hydrogen (secondary N) is 2. The first-order chi connectivity index (χ1) is 28.3. The number of fused-ring (bicyclic) bond motifs is 2. The van der Waals surface area contributed by atoms with Crippen LogP contribution >= 0.6 is 0 Å². The van der Waals surface area contributed by atoms with Crippen molar-refractivity contribution in [3.05, 3.63) is 83.9 Å². The van der Waals surface area contributed by atoms with Gasteiger partial charge >= 0.3 is 5.97 Å². The Hall–Kier alpha value is -7.64. The third-order valence-corrected chi connectivity index (χ3v) is 8.54. The summed E-state index contributed by atoms with van der Waals surface area (Å²) in [7, 11) is 1.71. The maximum atomic E-state index is 13.5. The molecule has 0 atom stereocenters. The van der Waals surface area contributed by atoms with E-state index in [1.165, 1.54) is 18.2 Å². The van der Waals surface area contributed by atoms with E-state index in [-0.39, 0.29) is 73.2 Å². The Balaban J connectivity index is 1.50. The number of anilines is 3. The second-order valence-corrected chi connectivity index (χ2v) is 13.1. The zero-order chi connectivity index (χ0) is 42.6. The molecule has 0 aliphatic rings. The predicted octanol–water partition coefficient (Wildman–Crippen LogP) is 2.80. The summed E-state index contributed by atoms with van der Waals surface area (Å²) >= 11 is 0. The van der Waals surface area contributed by atoms with Crippen LogP contribution in [0.4, 0.5) is 17.6 Å². The van der Waals surface area contributed by atoms with Gasteiger partial charge in [-0.15, -0.1) is 0 Å². The number of carbonyl (C=O) groups is 4. The Kier molecular flexibility index (Phi) is 14.0. The van der Waals surface area contributed by atoms with Crippen LogP contribution in [-0.2, 0) is 29.2 Å². The number of carboxylic acid groups (broad SMARTS) is 1. The zero-order valence-electron chi connectivity index (χ0n) is 32.8. The maximum absolute atomic E-state index is 13.5. The minimum atomic E-state index is -0.986. The molecular weight excluding hydrogens is 763 g/mol. The Bertz CT molecular complexity index is 2490. The summed E-state index contributed by atoms with van der Waals surface area (Å²) in [6, 6.07) is 6.08. The normalized spacial score (nSPS) is 12.2. The molecule has 3 aromatic heterocycles. The molecule has 0 bridgehead atoms. The smallest absolute Gasteiger partial charge is 0.303 e. The van der Waals surface area contributed by atoms with Crippen LogP contribution in [0.3, 0.4) is 0 Å². The lowest BCUT2D eigenvalue weighted by atomic mass is 10.1. The predicted molar refractivity (Wildman–Crippen MR) is 223 cm³/mol. The molecule has 3 heterocycles. The fourth-order valence-corrected chi connectivity index (χ4v) is 5.97. The lowest BCUT2D eigenvalue weighted by Gasteiger charge is -2.13. The van der Waals surface area contributed by atoms with Crippen molar-refractivity contribution in [2.24, 2.45) is 22.2 Å². The van der Waals surface area contributed by atoms with Gasteiger partial charge in [-0.3, -0.25) is 34.2 Å². The van der Waals surface area contributed by atoms with Crippen molar-refractivity contribution in [3.8, 4) is 11.5 Å². The molecule has 0 fully saturated rings. The summed E-state index contributed by atoms with van der Waals surface area (Å²) in [5, 5.41) is 19.2. The van der Waals surface area contributed by atoms with Crippen molar-refractivity contribution in [1.82, 2.24) is 28.9 Å². The molecule has 20 nitrogen and oxygen atoms in total. The van der Waals surface area contributed by atoms with E-state index in [0.717, 1.165) is 0 Å². The van der Waals surface area contributed by atoms with Crippen molar-refractivity contribution in [1.29, 1.82) is 0 Å². The highest BCUT2D eigenvalue weighted by Gasteiger charge is 2.22. The number of imidazole rings is 2. The molecule has 0 aliphatic carbocycles. The number of carbonyl (C=O) groups excluding carboxylic acids is 3. The van der Waals surface area contributed by atoms with E-state index >= 15 is 0 Å². The van der Waals surface area contributed by atoms with Gasteiger partial charge in [0.2, 0.25) is 23.7 Å². The SMILES string of the molecule is CCN=C(/C=C(/C)N)C(=O)Nc1nc2cc(C(N)=O)cc(OCCCC(=O)O)c2n1C/C=C/Cn1c(NC)nc2cc(C(N)=O)cc(OC/C=C/Cn3cc(N)cn3)c21. The first-order valence-electron chi connectivity index (χ1n) is 18.5. The topological polar surface area (TPSA) is 301 Å². The number of ether oxygens (including phenoxy) is 2. The van der Waals surface area contributed by atoms with Crippen LogP contribution in [0.15, 0.2) is 77.7 Å². The first-order valence-corrected chi connectivity index (χ1v) is 18.5. The molecule has 0 aliphatic heterocycles. The summed E-state index contributed by atoms with van der Waals surface area (Å²) in [4.78, 5) is 62.9. The molecule has 0 saturated carbocycles. The first kappa shape index (κ1) is 42.5. The average Bonchev–Trinajstić information content (AvgIpc) is 3.88. The van der Waals surface area contributed by atoms with Crippen molar-refractivity contribution in [2.75, 3.05) is 43.2 Å². The molecule has 2 aromatic carbocycles. The van der Waals surface area contributed by atoms with Gasteiger partial charge in [0.1, 0.15) is 34.9 Å². The van der Waals surface area contributed by atoms with Crippen LogP contribution < -0.4 is 43.0 Å². The third kappa shape index (κ3) is 10.8. The lowest BCUT2D eigenvalue weighted by molar-refractivity contribution is -0.137. The number of aromatic nitrogens is 6. The third-order valence-electron chi connectivity index (χ3n) is 8.54. The number of benzene rings is 2. The summed E-state index contributed by atoms with van der Waals surface area (Å²) in [6.45, 7) is 4.77. The number of amides is 3. The van der Waals surface area contributed by atoms with Crippen molar-refractivity contribution < 1.29 is 33.8 Å². The van der Waals surface area contributed by atoms with E-state index in [4.69, 9.17) is 37.5 Å². The number of hydrogen-bond acceptors (Lipinski definition) is 13. The minimum absolute atomic E-state index is 0.0117. The highest BCUT2D eigenvalue weighted by molar-refractivity contribution is 6.47. The summed E-state index contributed by atoms with van der Waals surface area (Å²) in [5.74, 6) is -1.79. The number of aliphatic imine (C=N–C) groups is 1. The van der Waals surface area contributed by atoms with Gasteiger partial charge in [-0.25, -0.2) is 9.97 Å². The van der Waals surface area contributed by atoms with Gasteiger partial charge < -0.3 is 52.0 Å². The Labute approximate surface area is 338 Å². The minimum Gasteiger partial charge on any atom is -0.491 e. The largest absolute Gasteiger partial charge is 0.491 e. The molecule has 59 heavy (non-hydrogen) atoms. The standard InChI is InChI=1S/C39H47N13O7/c1-4-45-29(16-23(2)40)37(57)49-39-48-28-18-25(36(43)56)20-31(59-15-9-10-32(53)54)34(28)52(39)13-6-5-12-51-33-27(47-38(51)44-3)17-24(35(42)55)19-30(33)58-14-8-7-11-50-22-26(41)21-46-50/h5-8,16-22H,4,9-15,40-41H2,1-3H3,(H2,42,55)(H2,43,56)(H,44,47)(H,53,54)(H,48,49,57)/b6-5+,8-7+,23-16-,45-29?. The fourth-order valence-electron chi connectivity index (χ4n) is 5.97. The Morgan fingerprint density at radius 1 is 0.864 bits per heavy atom. The van der Waals surface area contributed by atoms with Crippen molar-refractivity contribution >= 4 is 69.1 Å². The van der Waals surface area contributed by atoms with Gasteiger partial charge in [0.25, 0.3) is 5.91 Å². The van der Waals surface area contributed by atoms with Crippen LogP contribution in [-0.4, -0.2) is 90.2 Å². The number of nitrogen functional groups attached to an aromatic ring is 1. The maximum Gasteiger partial charge on any atom is 0.303 e. The molecule has 0 unspecified atom stereocenters. The summed E-state index contributed by atoms with van der Waals surface area (Å²) < 4.78 is 17.4. The van der Waals surface area contributed by atoms with E-state index < -0.39 is 23.7 Å². The number of rotatable bonds is 21. The Morgan fingerprint density at radius 2 is 1.46 bits per heavy atom. The van der Waals surface area contributed by atoms with E-state index in [9.17, 15) is 19.2 Å². The second-order valence-electron chi connectivity index (χ2n) is 13.1. The van der Waals surface area contributed by atoms with Crippen LogP contribution in [0.25, 0.3) is 22.1 Å². The number of hydrogen-bond donors (Lipinski definition) is 7. The van der Waals surface area contributed by atoms with E-state index in [0.29, 0.717) is 52.7 Å². The van der Waals surface area contributed by atoms with Crippen molar-refractivity contribution in [3.63, 3.8) is 0 Å². The lowest BCUT2D eigenvalue weighted by Crippen LogP contribution is -2.24. The number of aliphatic carboxylic acids is 1. The van der Waals surface area contributed by atoms with Gasteiger partial charge in [-0.2, -0.15) is 5.10 Å². The molecule has 5 rings (SSSR count). The summed E-state index contributed by atoms with van der Waals surface area (Å²) in [5.41, 5.74) is 26.0. The molecule has 310 valence electrons. The number of carboxylic acids is 1. The highest BCUT2D eigenvalue weighted by atomic mass is 16.5. The van der Waals surface area contributed by atoms with Crippen LogP contribution in [0, 0.1) is 0 Å². The zero-order valence-corrected chi connectivity index (χ0v) is 32.8. The molecular formula is C39H47N13O7. The molecule has 11 N–H and O–H groups in total. The molecule has 0 spiro atoms. The van der Waals surface area contributed by atoms with E-state index in [1.807, 2.05) is 28.9 Å². The van der Waals surface area contributed by atoms with Gasteiger partial charge in [0, 0.05) is 56.1 Å². The van der Waals surface area contributed by atoms with Crippen LogP contribution in [0.1, 0.15) is 47.4 Å². The van der Waals surface area contributed by atoms with Gasteiger partial charge in [0.05, 0.1) is 36.1 Å². The van der Waals surface area contributed by atoms with Gasteiger partial charge in [-0.1, -0.05) is 18.2 Å². The number of nitrogens with two attached hydrogens (primary N) is 4. The Morgan fingerprint density at radius 3 is 2.00 bits per heavy atom. The van der Waals surface area contributed by atoms with E-state index in [1.54, 1.807) is 54.7 Å². The summed E-state index contributed by atoms with van der Waals surface area (Å²) in [6.07, 6.45) is 12.1. The average molecular weight is 810 g/mol. The van der Waals surface area contributed by atoms with Crippen LogP contribution in [0.2, 0.25) is 0 Å². The molecule has 20 heteroatoms. The number of primary amides is 2. The van der Waals surface area contributed by atoms with E-state index in [2.05, 4.69) is 30.7 Å². The quantitative estimate of drug-likeness (QED) is 0.0319. The van der Waals surface area contributed by atoms with Crippen LogP contribution in [0.5, 0.6) is 11.5 Å². The fraction of sp³-hybridized carbons (Fsp3) is 0.282. The molecule has 3 amide bonds. The monoisotopic (exact) mass is 809 g/mol. The number of nitrogens with zero attached hydrogens (tertiary/aromatic N) is 7. The molecule has 5 aromatic rings. The second kappa shape index (κ2) is 19.5. The van der Waals surface area contributed by atoms with Gasteiger partial charge in [0.15, 0.2) is 0 Å². The van der Waals surface area contributed by atoms with Crippen molar-refractivity contribution in [2.45, 2.75) is 46.3 Å². The highest BCUT2D eigenvalue weighted by Crippen LogP contribution is 2.33. The van der Waals surface area contributed by atoms with Gasteiger partial charge in [-0.05, 0) is 56.7 Å². The number of allylic oxidation sites excluding steroid dienone is 4.